The van der Waals surface area contributed by atoms with Gasteiger partial charge in [-0.2, -0.15) is 0 Å². The van der Waals surface area contributed by atoms with Crippen molar-refractivity contribution < 1.29 is 13.6 Å². The first-order chi connectivity index (χ1) is 12.1. The van der Waals surface area contributed by atoms with Crippen LogP contribution in [0, 0.1) is 11.6 Å². The fraction of sp³-hybridized carbons (Fsp3) is 0.350. The zero-order valence-electron chi connectivity index (χ0n) is 14.1. The lowest BCUT2D eigenvalue weighted by Crippen LogP contribution is -2.29. The molecule has 25 heavy (non-hydrogen) atoms. The molecule has 0 unspecified atom stereocenters. The lowest BCUT2D eigenvalue weighted by atomic mass is 10.1. The van der Waals surface area contributed by atoms with Crippen LogP contribution in [0.3, 0.4) is 0 Å². The molecule has 1 aliphatic rings. The van der Waals surface area contributed by atoms with Crippen molar-refractivity contribution in [3.63, 3.8) is 0 Å². The van der Waals surface area contributed by atoms with Crippen LogP contribution in [-0.4, -0.2) is 23.9 Å². The Labute approximate surface area is 146 Å². The summed E-state index contributed by atoms with van der Waals surface area (Å²) in [5.74, 6) is -2.45. The normalized spacial score (nSPS) is 15.1. The molecule has 2 aromatic carbocycles. The van der Waals surface area contributed by atoms with E-state index in [9.17, 15) is 13.6 Å². The van der Waals surface area contributed by atoms with Crippen LogP contribution >= 0.6 is 0 Å². The highest BCUT2D eigenvalue weighted by Crippen LogP contribution is 2.14. The summed E-state index contributed by atoms with van der Waals surface area (Å²) in [5, 5.41) is 2.57. The molecule has 1 N–H and O–H groups in total. The molecule has 132 valence electrons. The van der Waals surface area contributed by atoms with Crippen molar-refractivity contribution in [3.05, 3.63) is 70.8 Å². The van der Waals surface area contributed by atoms with Gasteiger partial charge in [-0.05, 0) is 49.2 Å². The van der Waals surface area contributed by atoms with Gasteiger partial charge in [-0.3, -0.25) is 9.69 Å². The standard InChI is InChI=1S/C20H22F2N2O/c21-17-5-4-6-18(22)19(17)20(25)23-13-15-7-9-16(10-8-15)14-24-11-2-1-3-12-24/h4-10H,1-3,11-14H2,(H,23,25). The summed E-state index contributed by atoms with van der Waals surface area (Å²) in [7, 11) is 0. The van der Waals surface area contributed by atoms with Gasteiger partial charge in [0.15, 0.2) is 0 Å². The maximum absolute atomic E-state index is 13.6. The number of piperidine rings is 1. The Kier molecular flexibility index (Phi) is 5.76. The Hall–Kier alpha value is -2.27. The molecule has 5 heteroatoms. The number of rotatable bonds is 5. The minimum atomic E-state index is -0.852. The van der Waals surface area contributed by atoms with E-state index < -0.39 is 23.1 Å². The quantitative estimate of drug-likeness (QED) is 0.893. The molecular weight excluding hydrogens is 322 g/mol. The van der Waals surface area contributed by atoms with Gasteiger partial charge in [0, 0.05) is 13.1 Å². The lowest BCUT2D eigenvalue weighted by Gasteiger charge is -2.26. The lowest BCUT2D eigenvalue weighted by molar-refractivity contribution is 0.0942. The first-order valence-electron chi connectivity index (χ1n) is 8.66. The smallest absolute Gasteiger partial charge is 0.257 e. The number of nitrogens with zero attached hydrogens (tertiary/aromatic N) is 1. The van der Waals surface area contributed by atoms with E-state index in [1.807, 2.05) is 24.3 Å². The number of carbonyl (C=O) groups excluding carboxylic acids is 1. The van der Waals surface area contributed by atoms with E-state index in [0.29, 0.717) is 0 Å². The minimum absolute atomic E-state index is 0.233. The number of benzene rings is 2. The minimum Gasteiger partial charge on any atom is -0.348 e. The second-order valence-electron chi connectivity index (χ2n) is 6.43. The highest BCUT2D eigenvalue weighted by molar-refractivity contribution is 5.94. The summed E-state index contributed by atoms with van der Waals surface area (Å²) in [5.41, 5.74) is 1.59. The molecular formula is C20H22F2N2O. The largest absolute Gasteiger partial charge is 0.348 e. The fourth-order valence-electron chi connectivity index (χ4n) is 3.12. The van der Waals surface area contributed by atoms with E-state index in [1.54, 1.807) is 0 Å². The maximum atomic E-state index is 13.6. The molecule has 0 atom stereocenters. The van der Waals surface area contributed by atoms with Gasteiger partial charge in [0.25, 0.3) is 5.91 Å². The van der Waals surface area contributed by atoms with Crippen LogP contribution in [0.4, 0.5) is 8.78 Å². The number of hydrogen-bond donors (Lipinski definition) is 1. The molecule has 0 spiro atoms. The van der Waals surface area contributed by atoms with Crippen molar-refractivity contribution in [2.45, 2.75) is 32.4 Å². The van der Waals surface area contributed by atoms with Crippen LogP contribution < -0.4 is 5.32 Å². The molecule has 0 aliphatic carbocycles. The second-order valence-corrected chi connectivity index (χ2v) is 6.43. The number of nitrogens with one attached hydrogen (secondary N) is 1. The first-order valence-corrected chi connectivity index (χ1v) is 8.66. The highest BCUT2D eigenvalue weighted by Gasteiger charge is 2.16. The number of amides is 1. The van der Waals surface area contributed by atoms with Gasteiger partial charge in [0.1, 0.15) is 17.2 Å². The molecule has 0 radical (unpaired) electrons. The predicted molar refractivity (Wildman–Crippen MR) is 93.1 cm³/mol. The van der Waals surface area contributed by atoms with Gasteiger partial charge in [0.2, 0.25) is 0 Å². The average Bonchev–Trinajstić information content (AvgIpc) is 2.62. The Balaban J connectivity index is 1.55. The Bertz CT molecular complexity index is 705. The molecule has 1 amide bonds. The Morgan fingerprint density at radius 1 is 0.920 bits per heavy atom. The molecule has 0 bridgehead atoms. The number of likely N-dealkylation sites (tertiary alicyclic amines) is 1. The molecule has 3 nitrogen and oxygen atoms in total. The monoisotopic (exact) mass is 344 g/mol. The van der Waals surface area contributed by atoms with E-state index in [0.717, 1.165) is 37.3 Å². The summed E-state index contributed by atoms with van der Waals surface area (Å²) in [6, 6.07) is 11.4. The van der Waals surface area contributed by atoms with Gasteiger partial charge in [-0.1, -0.05) is 36.8 Å². The third kappa shape index (κ3) is 4.63. The van der Waals surface area contributed by atoms with E-state index in [1.165, 1.54) is 30.9 Å². The van der Waals surface area contributed by atoms with Crippen LogP contribution in [0.2, 0.25) is 0 Å². The second kappa shape index (κ2) is 8.21. The van der Waals surface area contributed by atoms with Crippen molar-refractivity contribution in [1.29, 1.82) is 0 Å². The van der Waals surface area contributed by atoms with Crippen LogP contribution in [0.15, 0.2) is 42.5 Å². The van der Waals surface area contributed by atoms with E-state index >= 15 is 0 Å². The number of halogens is 2. The first kappa shape index (κ1) is 17.5. The maximum Gasteiger partial charge on any atom is 0.257 e. The molecule has 3 rings (SSSR count). The highest BCUT2D eigenvalue weighted by atomic mass is 19.1. The van der Waals surface area contributed by atoms with E-state index in [2.05, 4.69) is 10.2 Å². The predicted octanol–water partition coefficient (Wildman–Crippen LogP) is 3.88. The van der Waals surface area contributed by atoms with Gasteiger partial charge in [-0.15, -0.1) is 0 Å². The van der Waals surface area contributed by atoms with Crippen molar-refractivity contribution in [2.24, 2.45) is 0 Å². The van der Waals surface area contributed by atoms with Crippen LogP contribution in [0.5, 0.6) is 0 Å². The van der Waals surface area contributed by atoms with Crippen LogP contribution in [0.25, 0.3) is 0 Å². The van der Waals surface area contributed by atoms with Gasteiger partial charge >= 0.3 is 0 Å². The van der Waals surface area contributed by atoms with Gasteiger partial charge < -0.3 is 5.32 Å². The Morgan fingerprint density at radius 3 is 2.16 bits per heavy atom. The molecule has 1 aliphatic heterocycles. The summed E-state index contributed by atoms with van der Waals surface area (Å²) in [6.45, 7) is 3.46. The van der Waals surface area contributed by atoms with Gasteiger partial charge in [-0.25, -0.2) is 8.78 Å². The summed E-state index contributed by atoms with van der Waals surface area (Å²) in [4.78, 5) is 14.4. The zero-order chi connectivity index (χ0) is 17.6. The third-order valence-electron chi connectivity index (χ3n) is 4.52. The number of carbonyl (C=O) groups is 1. The van der Waals surface area contributed by atoms with Crippen molar-refractivity contribution in [2.75, 3.05) is 13.1 Å². The topological polar surface area (TPSA) is 32.3 Å². The molecule has 1 heterocycles. The summed E-state index contributed by atoms with van der Waals surface area (Å²) < 4.78 is 27.2. The van der Waals surface area contributed by atoms with E-state index in [4.69, 9.17) is 0 Å². The molecule has 1 saturated heterocycles. The summed E-state index contributed by atoms with van der Waals surface area (Å²) >= 11 is 0. The van der Waals surface area contributed by atoms with Crippen molar-refractivity contribution in [1.82, 2.24) is 10.2 Å². The SMILES string of the molecule is O=C(NCc1ccc(CN2CCCCC2)cc1)c1c(F)cccc1F. The Morgan fingerprint density at radius 2 is 1.52 bits per heavy atom. The molecule has 2 aromatic rings. The number of hydrogen-bond acceptors (Lipinski definition) is 2. The molecule has 0 saturated carbocycles. The van der Waals surface area contributed by atoms with Crippen molar-refractivity contribution in [3.8, 4) is 0 Å². The molecule has 0 aromatic heterocycles. The third-order valence-corrected chi connectivity index (χ3v) is 4.52. The van der Waals surface area contributed by atoms with Gasteiger partial charge in [0.05, 0.1) is 0 Å². The van der Waals surface area contributed by atoms with E-state index in [-0.39, 0.29) is 6.54 Å². The zero-order valence-corrected chi connectivity index (χ0v) is 14.1. The molecule has 1 fully saturated rings. The van der Waals surface area contributed by atoms with Crippen molar-refractivity contribution >= 4 is 5.91 Å². The fourth-order valence-corrected chi connectivity index (χ4v) is 3.12. The van der Waals surface area contributed by atoms with Crippen LogP contribution in [-0.2, 0) is 13.1 Å². The summed E-state index contributed by atoms with van der Waals surface area (Å²) in [6.07, 6.45) is 3.84. The van der Waals surface area contributed by atoms with Crippen LogP contribution in [0.1, 0.15) is 40.7 Å². The average molecular weight is 344 g/mol.